The molecule has 0 fully saturated rings. The van der Waals surface area contributed by atoms with Crippen molar-refractivity contribution in [3.8, 4) is 0 Å². The van der Waals surface area contributed by atoms with Gasteiger partial charge in [0.05, 0.1) is 21.7 Å². The number of anilines is 1. The summed E-state index contributed by atoms with van der Waals surface area (Å²) in [6.45, 7) is 0. The predicted octanol–water partition coefficient (Wildman–Crippen LogP) is 5.33. The van der Waals surface area contributed by atoms with E-state index in [9.17, 15) is 35.9 Å². The van der Waals surface area contributed by atoms with Crippen LogP contribution in [-0.2, 0) is 12.4 Å². The van der Waals surface area contributed by atoms with Crippen LogP contribution in [0.1, 0.15) is 31.8 Å². The minimum absolute atomic E-state index is 0.0127. The Labute approximate surface area is 166 Å². The quantitative estimate of drug-likeness (QED) is 0.658. The highest BCUT2D eigenvalue weighted by atomic mass is 35.5. The normalized spacial score (nSPS) is 11.9. The second-order valence-electron chi connectivity index (χ2n) is 6.14. The van der Waals surface area contributed by atoms with Gasteiger partial charge in [0.1, 0.15) is 0 Å². The largest absolute Gasteiger partial charge is 0.416 e. The standard InChI is InChI=1S/C18H13ClF6N2O2/c1-27(2)16(29)13-4-3-12(8-14(13)19)26-15(28)9-5-10(17(20,21)22)7-11(6-9)18(23,24)25/h3-8H,1-2H3,(H,26,28). The molecule has 11 heteroatoms. The van der Waals surface area contributed by atoms with Gasteiger partial charge in [0, 0.05) is 25.3 Å². The van der Waals surface area contributed by atoms with E-state index in [0.29, 0.717) is 12.1 Å². The Morgan fingerprint density at radius 2 is 1.41 bits per heavy atom. The summed E-state index contributed by atoms with van der Waals surface area (Å²) in [5.74, 6) is -1.63. The van der Waals surface area contributed by atoms with Gasteiger partial charge in [0.25, 0.3) is 11.8 Å². The Morgan fingerprint density at radius 3 is 1.83 bits per heavy atom. The fourth-order valence-electron chi connectivity index (χ4n) is 2.30. The molecule has 4 nitrogen and oxygen atoms in total. The van der Waals surface area contributed by atoms with E-state index in [1.165, 1.54) is 31.1 Å². The van der Waals surface area contributed by atoms with Crippen LogP contribution in [0.4, 0.5) is 32.0 Å². The van der Waals surface area contributed by atoms with Crippen LogP contribution in [0.2, 0.25) is 5.02 Å². The predicted molar refractivity (Wildman–Crippen MR) is 93.9 cm³/mol. The van der Waals surface area contributed by atoms with Gasteiger partial charge >= 0.3 is 12.4 Å². The molecule has 156 valence electrons. The first-order valence-electron chi connectivity index (χ1n) is 7.82. The highest BCUT2D eigenvalue weighted by Crippen LogP contribution is 2.36. The molecule has 0 bridgehead atoms. The number of halogens is 7. The van der Waals surface area contributed by atoms with Gasteiger partial charge in [-0.25, -0.2) is 0 Å². The molecule has 0 aliphatic heterocycles. The van der Waals surface area contributed by atoms with Crippen molar-refractivity contribution in [2.75, 3.05) is 19.4 Å². The minimum Gasteiger partial charge on any atom is -0.345 e. The molecule has 0 saturated carbocycles. The van der Waals surface area contributed by atoms with Gasteiger partial charge in [-0.05, 0) is 36.4 Å². The zero-order valence-electron chi connectivity index (χ0n) is 14.9. The van der Waals surface area contributed by atoms with Gasteiger partial charge in [-0.15, -0.1) is 0 Å². The van der Waals surface area contributed by atoms with E-state index in [0.717, 1.165) is 6.07 Å². The molecular formula is C18H13ClF6N2O2. The maximum atomic E-state index is 12.9. The summed E-state index contributed by atoms with van der Waals surface area (Å²) < 4.78 is 77.5. The number of carbonyl (C=O) groups is 2. The summed E-state index contributed by atoms with van der Waals surface area (Å²) >= 11 is 5.97. The van der Waals surface area contributed by atoms with Gasteiger partial charge < -0.3 is 10.2 Å². The van der Waals surface area contributed by atoms with Gasteiger partial charge in [0.15, 0.2) is 0 Å². The van der Waals surface area contributed by atoms with E-state index in [1.807, 2.05) is 0 Å². The molecule has 2 amide bonds. The summed E-state index contributed by atoms with van der Waals surface area (Å²) in [6, 6.07) is 4.24. The zero-order valence-corrected chi connectivity index (χ0v) is 15.6. The highest BCUT2D eigenvalue weighted by molar-refractivity contribution is 6.34. The molecule has 2 aromatic rings. The molecule has 0 aliphatic carbocycles. The van der Waals surface area contributed by atoms with E-state index in [2.05, 4.69) is 5.32 Å². The van der Waals surface area contributed by atoms with Crippen molar-refractivity contribution in [2.24, 2.45) is 0 Å². The smallest absolute Gasteiger partial charge is 0.345 e. The fraction of sp³-hybridized carbons (Fsp3) is 0.222. The molecular weight excluding hydrogens is 426 g/mol. The molecule has 0 spiro atoms. The Kier molecular flexibility index (Phi) is 6.17. The van der Waals surface area contributed by atoms with E-state index < -0.39 is 40.9 Å². The molecule has 0 radical (unpaired) electrons. The maximum Gasteiger partial charge on any atom is 0.416 e. The lowest BCUT2D eigenvalue weighted by molar-refractivity contribution is -0.143. The average Bonchev–Trinajstić information content (AvgIpc) is 2.59. The van der Waals surface area contributed by atoms with Gasteiger partial charge in [-0.1, -0.05) is 11.6 Å². The van der Waals surface area contributed by atoms with Crippen LogP contribution in [0, 0.1) is 0 Å². The van der Waals surface area contributed by atoms with E-state index in [4.69, 9.17) is 11.6 Å². The van der Waals surface area contributed by atoms with Crippen molar-refractivity contribution in [1.82, 2.24) is 4.90 Å². The third-order valence-electron chi connectivity index (χ3n) is 3.71. The van der Waals surface area contributed by atoms with Gasteiger partial charge in [0.2, 0.25) is 0 Å². The molecule has 0 heterocycles. The van der Waals surface area contributed by atoms with E-state index in [1.54, 1.807) is 0 Å². The van der Waals surface area contributed by atoms with Crippen molar-refractivity contribution >= 4 is 29.1 Å². The van der Waals surface area contributed by atoms with E-state index in [-0.39, 0.29) is 22.3 Å². The number of carbonyl (C=O) groups excluding carboxylic acids is 2. The Balaban J connectivity index is 2.38. The molecule has 0 atom stereocenters. The summed E-state index contributed by atoms with van der Waals surface area (Å²) in [5, 5.41) is 2.11. The molecule has 0 aromatic heterocycles. The number of hydrogen-bond donors (Lipinski definition) is 1. The second kappa shape index (κ2) is 7.94. The van der Waals surface area contributed by atoms with Crippen LogP contribution >= 0.6 is 11.6 Å². The monoisotopic (exact) mass is 438 g/mol. The number of nitrogens with zero attached hydrogens (tertiary/aromatic N) is 1. The van der Waals surface area contributed by atoms with Crippen LogP contribution < -0.4 is 5.32 Å². The lowest BCUT2D eigenvalue weighted by Gasteiger charge is -2.15. The zero-order chi connectivity index (χ0) is 22.1. The highest BCUT2D eigenvalue weighted by Gasteiger charge is 2.37. The van der Waals surface area contributed by atoms with Crippen molar-refractivity contribution in [1.29, 1.82) is 0 Å². The molecule has 2 aromatic carbocycles. The third-order valence-corrected chi connectivity index (χ3v) is 4.03. The maximum absolute atomic E-state index is 12.9. The number of nitrogens with one attached hydrogen (secondary N) is 1. The van der Waals surface area contributed by atoms with Crippen molar-refractivity contribution < 1.29 is 35.9 Å². The molecule has 29 heavy (non-hydrogen) atoms. The Bertz CT molecular complexity index is 922. The van der Waals surface area contributed by atoms with Crippen LogP contribution in [0.3, 0.4) is 0 Å². The SMILES string of the molecule is CN(C)C(=O)c1ccc(NC(=O)c2cc(C(F)(F)F)cc(C(F)(F)F)c2)cc1Cl. The van der Waals surface area contributed by atoms with Crippen LogP contribution in [0.5, 0.6) is 0 Å². The van der Waals surface area contributed by atoms with Crippen LogP contribution in [0.25, 0.3) is 0 Å². The van der Waals surface area contributed by atoms with Crippen molar-refractivity contribution in [3.05, 3.63) is 63.7 Å². The lowest BCUT2D eigenvalue weighted by atomic mass is 10.0. The lowest BCUT2D eigenvalue weighted by Crippen LogP contribution is -2.22. The molecule has 1 N–H and O–H groups in total. The third kappa shape index (κ3) is 5.41. The summed E-state index contributed by atoms with van der Waals surface area (Å²) in [7, 11) is 2.97. The number of amides is 2. The van der Waals surface area contributed by atoms with Crippen LogP contribution in [0.15, 0.2) is 36.4 Å². The number of rotatable bonds is 3. The average molecular weight is 439 g/mol. The second-order valence-corrected chi connectivity index (χ2v) is 6.55. The van der Waals surface area contributed by atoms with E-state index >= 15 is 0 Å². The molecule has 0 saturated heterocycles. The molecule has 2 rings (SSSR count). The first kappa shape index (κ1) is 22.5. The number of alkyl halides is 6. The molecule has 0 unspecified atom stereocenters. The minimum atomic E-state index is -5.08. The van der Waals surface area contributed by atoms with Crippen LogP contribution in [-0.4, -0.2) is 30.8 Å². The fourth-order valence-corrected chi connectivity index (χ4v) is 2.56. The summed E-state index contributed by atoms with van der Waals surface area (Å²) in [6.07, 6.45) is -10.2. The van der Waals surface area contributed by atoms with Gasteiger partial charge in [-0.2, -0.15) is 26.3 Å². The van der Waals surface area contributed by atoms with Crippen molar-refractivity contribution in [2.45, 2.75) is 12.4 Å². The Morgan fingerprint density at radius 1 is 0.897 bits per heavy atom. The Hall–Kier alpha value is -2.75. The first-order chi connectivity index (χ1) is 13.2. The van der Waals surface area contributed by atoms with Crippen molar-refractivity contribution in [3.63, 3.8) is 0 Å². The van der Waals surface area contributed by atoms with Gasteiger partial charge in [-0.3, -0.25) is 9.59 Å². The summed E-state index contributed by atoms with van der Waals surface area (Å²) in [4.78, 5) is 25.4. The molecule has 0 aliphatic rings. The first-order valence-corrected chi connectivity index (χ1v) is 8.20. The summed E-state index contributed by atoms with van der Waals surface area (Å²) in [5.41, 5.74) is -3.96. The number of hydrogen-bond acceptors (Lipinski definition) is 2. The number of benzene rings is 2. The topological polar surface area (TPSA) is 49.4 Å².